The van der Waals surface area contributed by atoms with Crippen molar-refractivity contribution in [2.24, 2.45) is 0 Å². The predicted molar refractivity (Wildman–Crippen MR) is 224 cm³/mol. The summed E-state index contributed by atoms with van der Waals surface area (Å²) in [4.78, 5) is 18.0. The third-order valence-electron chi connectivity index (χ3n) is 9.73. The number of hydrogen-bond donors (Lipinski definition) is 0. The summed E-state index contributed by atoms with van der Waals surface area (Å²) in [5.74, 6) is -0.203. The first kappa shape index (κ1) is 35.1. The second-order valence-corrected chi connectivity index (χ2v) is 13.3. The Bertz CT molecular complexity index is 2230. The third-order valence-corrected chi connectivity index (χ3v) is 9.73. The molecule has 0 saturated carbocycles. The van der Waals surface area contributed by atoms with Gasteiger partial charge in [0.1, 0.15) is 11.0 Å². The number of carbonyl (C=O) groups excluding carboxylic acids is 1. The molecule has 7 nitrogen and oxygen atoms in total. The lowest BCUT2D eigenvalue weighted by atomic mass is 9.97. The van der Waals surface area contributed by atoms with Gasteiger partial charge in [-0.05, 0) is 96.8 Å². The standard InChI is InChI=1S/C48H41N5O2/c1-55-46(54)24-14-15-35-51-49-47-44(36-25-29-42(30-26-36)52(38-16-6-2-7-17-38)39-18-8-3-9-19-39)33-34-45(48(47)50-51)37-27-31-43(32-28-37)53(40-20-10-4-11-21-40)41-22-12-5-13-23-41/h2-13,16-23,25-34H,14-15,24,35H2,1H3. The minimum Gasteiger partial charge on any atom is -0.469 e. The molecule has 8 aromatic rings. The molecule has 0 spiro atoms. The van der Waals surface area contributed by atoms with Crippen molar-refractivity contribution in [1.29, 1.82) is 0 Å². The van der Waals surface area contributed by atoms with E-state index in [0.29, 0.717) is 19.4 Å². The van der Waals surface area contributed by atoms with Crippen molar-refractivity contribution in [3.8, 4) is 22.3 Å². The van der Waals surface area contributed by atoms with E-state index in [1.54, 1.807) is 4.80 Å². The average Bonchev–Trinajstić information content (AvgIpc) is 3.69. The highest BCUT2D eigenvalue weighted by molar-refractivity contribution is 6.00. The highest BCUT2D eigenvalue weighted by Crippen LogP contribution is 2.39. The molecule has 1 aromatic heterocycles. The number of para-hydroxylation sites is 4. The monoisotopic (exact) mass is 719 g/mol. The summed E-state index contributed by atoms with van der Waals surface area (Å²) in [6.07, 6.45) is 1.83. The van der Waals surface area contributed by atoms with Crippen LogP contribution in [0.1, 0.15) is 19.3 Å². The number of fused-ring (bicyclic) bond motifs is 1. The highest BCUT2D eigenvalue weighted by Gasteiger charge is 2.18. The molecule has 7 aromatic carbocycles. The molecule has 0 aliphatic carbocycles. The molecular weight excluding hydrogens is 679 g/mol. The summed E-state index contributed by atoms with van der Waals surface area (Å²) < 4.78 is 4.84. The van der Waals surface area contributed by atoms with Crippen LogP contribution in [0.4, 0.5) is 34.1 Å². The van der Waals surface area contributed by atoms with Gasteiger partial charge in [0.2, 0.25) is 0 Å². The van der Waals surface area contributed by atoms with Crippen LogP contribution in [0.15, 0.2) is 182 Å². The zero-order valence-electron chi connectivity index (χ0n) is 30.7. The third kappa shape index (κ3) is 7.73. The highest BCUT2D eigenvalue weighted by atomic mass is 16.5. The van der Waals surface area contributed by atoms with Gasteiger partial charge in [0.15, 0.2) is 0 Å². The van der Waals surface area contributed by atoms with Gasteiger partial charge in [0.25, 0.3) is 0 Å². The SMILES string of the molecule is COC(=O)CCCCn1nc2c(-c3ccc(N(c4ccccc4)c4ccccc4)cc3)ccc(-c3ccc(N(c4ccccc4)c4ccccc4)cc3)c2n1. The number of rotatable bonds is 13. The van der Waals surface area contributed by atoms with Crippen LogP contribution in [0, 0.1) is 0 Å². The van der Waals surface area contributed by atoms with E-state index in [9.17, 15) is 4.79 Å². The van der Waals surface area contributed by atoms with Crippen LogP contribution in [0.2, 0.25) is 0 Å². The van der Waals surface area contributed by atoms with Gasteiger partial charge in [0, 0.05) is 51.7 Å². The molecule has 0 aliphatic rings. The number of hydrogen-bond acceptors (Lipinski definition) is 6. The number of esters is 1. The maximum Gasteiger partial charge on any atom is 0.305 e. The van der Waals surface area contributed by atoms with Gasteiger partial charge in [0.05, 0.1) is 13.7 Å². The predicted octanol–water partition coefficient (Wildman–Crippen LogP) is 12.0. The van der Waals surface area contributed by atoms with Gasteiger partial charge < -0.3 is 14.5 Å². The molecule has 0 aliphatic heterocycles. The topological polar surface area (TPSA) is 63.5 Å². The van der Waals surface area contributed by atoms with Gasteiger partial charge in [-0.25, -0.2) is 0 Å². The number of benzene rings is 7. The van der Waals surface area contributed by atoms with Crippen molar-refractivity contribution in [2.45, 2.75) is 25.8 Å². The molecule has 0 amide bonds. The molecular formula is C48H41N5O2. The summed E-state index contributed by atoms with van der Waals surface area (Å²) in [5.41, 5.74) is 12.3. The average molecular weight is 720 g/mol. The van der Waals surface area contributed by atoms with Crippen molar-refractivity contribution in [3.63, 3.8) is 0 Å². The van der Waals surface area contributed by atoms with Crippen LogP contribution in [0.3, 0.4) is 0 Å². The van der Waals surface area contributed by atoms with Crippen LogP contribution < -0.4 is 9.80 Å². The Balaban J connectivity index is 1.16. The van der Waals surface area contributed by atoms with Gasteiger partial charge in [-0.3, -0.25) is 4.79 Å². The van der Waals surface area contributed by atoms with Crippen molar-refractivity contribution in [2.75, 3.05) is 16.9 Å². The Morgan fingerprint density at radius 3 is 1.16 bits per heavy atom. The Morgan fingerprint density at radius 2 is 0.818 bits per heavy atom. The first-order chi connectivity index (χ1) is 27.2. The number of carbonyl (C=O) groups is 1. The minimum absolute atomic E-state index is 0.203. The molecule has 0 N–H and O–H groups in total. The zero-order valence-corrected chi connectivity index (χ0v) is 30.7. The molecule has 0 unspecified atom stereocenters. The van der Waals surface area contributed by atoms with Gasteiger partial charge in [-0.15, -0.1) is 0 Å². The molecule has 8 rings (SSSR count). The Labute approximate surface area is 321 Å². The summed E-state index contributed by atoms with van der Waals surface area (Å²) in [5, 5.41) is 10.1. The summed E-state index contributed by atoms with van der Waals surface area (Å²) in [6.45, 7) is 0.592. The summed E-state index contributed by atoms with van der Waals surface area (Å²) in [6, 6.07) is 63.3. The van der Waals surface area contributed by atoms with Crippen molar-refractivity contribution < 1.29 is 9.53 Å². The Hall–Kier alpha value is -6.99. The molecule has 0 atom stereocenters. The fourth-order valence-corrected chi connectivity index (χ4v) is 7.01. The lowest BCUT2D eigenvalue weighted by Gasteiger charge is -2.25. The van der Waals surface area contributed by atoms with E-state index >= 15 is 0 Å². The molecule has 0 saturated heterocycles. The van der Waals surface area contributed by atoms with Gasteiger partial charge >= 0.3 is 5.97 Å². The number of ether oxygens (including phenoxy) is 1. The first-order valence-corrected chi connectivity index (χ1v) is 18.6. The second kappa shape index (κ2) is 16.4. The maximum atomic E-state index is 11.8. The number of methoxy groups -OCH3 is 1. The molecule has 270 valence electrons. The van der Waals surface area contributed by atoms with Crippen LogP contribution in [0.25, 0.3) is 33.3 Å². The second-order valence-electron chi connectivity index (χ2n) is 13.3. The number of anilines is 6. The Morgan fingerprint density at radius 1 is 0.473 bits per heavy atom. The largest absolute Gasteiger partial charge is 0.469 e. The lowest BCUT2D eigenvalue weighted by molar-refractivity contribution is -0.140. The van der Waals surface area contributed by atoms with Gasteiger partial charge in [-0.2, -0.15) is 15.0 Å². The molecule has 7 heteroatoms. The number of unbranched alkanes of at least 4 members (excludes halogenated alkanes) is 1. The Kier molecular flexibility index (Phi) is 10.4. The molecule has 1 heterocycles. The molecule has 0 bridgehead atoms. The van der Waals surface area contributed by atoms with E-state index in [1.807, 2.05) is 24.3 Å². The number of aromatic nitrogens is 3. The van der Waals surface area contributed by atoms with E-state index in [2.05, 4.69) is 168 Å². The van der Waals surface area contributed by atoms with E-state index in [0.717, 1.165) is 73.8 Å². The van der Waals surface area contributed by atoms with E-state index < -0.39 is 0 Å². The van der Waals surface area contributed by atoms with Crippen molar-refractivity contribution in [1.82, 2.24) is 15.0 Å². The van der Waals surface area contributed by atoms with Crippen LogP contribution in [-0.2, 0) is 16.1 Å². The van der Waals surface area contributed by atoms with Crippen LogP contribution in [-0.4, -0.2) is 28.1 Å². The lowest BCUT2D eigenvalue weighted by Crippen LogP contribution is -2.09. The van der Waals surface area contributed by atoms with Crippen molar-refractivity contribution in [3.05, 3.63) is 182 Å². The van der Waals surface area contributed by atoms with Crippen LogP contribution in [0.5, 0.6) is 0 Å². The fourth-order valence-electron chi connectivity index (χ4n) is 7.01. The van der Waals surface area contributed by atoms with E-state index in [4.69, 9.17) is 14.9 Å². The molecule has 55 heavy (non-hydrogen) atoms. The van der Waals surface area contributed by atoms with E-state index in [1.165, 1.54) is 7.11 Å². The fraction of sp³-hybridized carbons (Fsp3) is 0.104. The number of aryl methyl sites for hydroxylation is 1. The quantitative estimate of drug-likeness (QED) is 0.0873. The normalized spacial score (nSPS) is 11.0. The molecule has 0 fully saturated rings. The first-order valence-electron chi connectivity index (χ1n) is 18.6. The minimum atomic E-state index is -0.203. The summed E-state index contributed by atoms with van der Waals surface area (Å²) in [7, 11) is 1.42. The van der Waals surface area contributed by atoms with E-state index in [-0.39, 0.29) is 5.97 Å². The summed E-state index contributed by atoms with van der Waals surface area (Å²) >= 11 is 0. The smallest absolute Gasteiger partial charge is 0.305 e. The number of nitrogens with zero attached hydrogens (tertiary/aromatic N) is 5. The van der Waals surface area contributed by atoms with Gasteiger partial charge in [-0.1, -0.05) is 109 Å². The molecule has 0 radical (unpaired) electrons. The zero-order chi connectivity index (χ0) is 37.4. The van der Waals surface area contributed by atoms with Crippen molar-refractivity contribution >= 4 is 51.1 Å². The maximum absolute atomic E-state index is 11.8. The van der Waals surface area contributed by atoms with Crippen LogP contribution >= 0.6 is 0 Å².